The molecule has 0 spiro atoms. The van der Waals surface area contributed by atoms with Gasteiger partial charge in [0, 0.05) is 18.3 Å². The Bertz CT molecular complexity index is 809. The Morgan fingerprint density at radius 1 is 1.00 bits per heavy atom. The van der Waals surface area contributed by atoms with Crippen LogP contribution in [0.2, 0.25) is 0 Å². The maximum Gasteiger partial charge on any atom is 0.216 e. The number of ether oxygens (including phenoxy) is 1. The highest BCUT2D eigenvalue weighted by Gasteiger charge is 2.26. The van der Waals surface area contributed by atoms with Crippen LogP contribution in [0.4, 0.5) is 0 Å². The van der Waals surface area contributed by atoms with Gasteiger partial charge in [0.25, 0.3) is 0 Å². The van der Waals surface area contributed by atoms with Gasteiger partial charge in [-0.1, -0.05) is 35.9 Å². The molecule has 0 atom stereocenters. The van der Waals surface area contributed by atoms with E-state index in [0.717, 1.165) is 42.4 Å². The first kappa shape index (κ1) is 18.9. The number of hydrogen-bond donors (Lipinski definition) is 1. The molecule has 0 bridgehead atoms. The van der Waals surface area contributed by atoms with Crippen LogP contribution in [-0.2, 0) is 15.8 Å². The van der Waals surface area contributed by atoms with Gasteiger partial charge in [0.1, 0.15) is 6.10 Å². The highest BCUT2D eigenvalue weighted by atomic mass is 32.2. The van der Waals surface area contributed by atoms with E-state index in [1.54, 1.807) is 6.20 Å². The highest BCUT2D eigenvalue weighted by molar-refractivity contribution is 7.88. The second-order valence-corrected chi connectivity index (χ2v) is 8.88. The number of nitrogens with one attached hydrogen (secondary N) is 1. The van der Waals surface area contributed by atoms with Crippen LogP contribution in [0.5, 0.6) is 5.88 Å². The molecule has 1 aliphatic rings. The lowest BCUT2D eigenvalue weighted by Gasteiger charge is -2.29. The number of aromatic nitrogens is 1. The smallest absolute Gasteiger partial charge is 0.216 e. The van der Waals surface area contributed by atoms with E-state index in [-0.39, 0.29) is 17.9 Å². The molecular formula is C20H26N2O3S. The van der Waals surface area contributed by atoms with Crippen molar-refractivity contribution in [1.29, 1.82) is 0 Å². The topological polar surface area (TPSA) is 68.3 Å². The average Bonchev–Trinajstić information content (AvgIpc) is 2.60. The molecule has 0 amide bonds. The number of sulfonamides is 1. The van der Waals surface area contributed by atoms with Crippen molar-refractivity contribution in [3.63, 3.8) is 0 Å². The van der Waals surface area contributed by atoms with Crippen LogP contribution in [0.3, 0.4) is 0 Å². The summed E-state index contributed by atoms with van der Waals surface area (Å²) in [7, 11) is -3.33. The predicted molar refractivity (Wildman–Crippen MR) is 103 cm³/mol. The molecule has 1 aromatic heterocycles. The zero-order valence-corrected chi connectivity index (χ0v) is 16.1. The third-order valence-electron chi connectivity index (χ3n) is 4.67. The summed E-state index contributed by atoms with van der Waals surface area (Å²) in [6.45, 7) is 3.98. The van der Waals surface area contributed by atoms with Gasteiger partial charge < -0.3 is 4.74 Å². The molecular weight excluding hydrogens is 348 g/mol. The Hall–Kier alpha value is -1.92. The summed E-state index contributed by atoms with van der Waals surface area (Å²) < 4.78 is 33.6. The van der Waals surface area contributed by atoms with Gasteiger partial charge in [-0.25, -0.2) is 18.1 Å². The summed E-state index contributed by atoms with van der Waals surface area (Å²) in [5.74, 6) is 0.663. The van der Waals surface area contributed by atoms with E-state index in [4.69, 9.17) is 4.74 Å². The largest absolute Gasteiger partial charge is 0.474 e. The molecule has 1 N–H and O–H groups in total. The lowest BCUT2D eigenvalue weighted by molar-refractivity contribution is 0.138. The number of nitrogens with zero attached hydrogens (tertiary/aromatic N) is 1. The molecule has 1 fully saturated rings. The lowest BCUT2D eigenvalue weighted by Crippen LogP contribution is -2.40. The van der Waals surface area contributed by atoms with E-state index < -0.39 is 10.0 Å². The highest BCUT2D eigenvalue weighted by Crippen LogP contribution is 2.23. The van der Waals surface area contributed by atoms with Crippen LogP contribution >= 0.6 is 0 Å². The Labute approximate surface area is 155 Å². The molecule has 0 unspecified atom stereocenters. The van der Waals surface area contributed by atoms with Crippen molar-refractivity contribution >= 4 is 10.0 Å². The normalized spacial score (nSPS) is 20.7. The zero-order valence-electron chi connectivity index (χ0n) is 15.3. The lowest BCUT2D eigenvalue weighted by atomic mass is 9.94. The number of aryl methyl sites for hydroxylation is 2. The maximum absolute atomic E-state index is 12.4. The van der Waals surface area contributed by atoms with Crippen molar-refractivity contribution in [2.75, 3.05) is 0 Å². The summed E-state index contributed by atoms with van der Waals surface area (Å²) in [4.78, 5) is 4.27. The van der Waals surface area contributed by atoms with E-state index in [0.29, 0.717) is 5.88 Å². The van der Waals surface area contributed by atoms with E-state index >= 15 is 0 Å². The van der Waals surface area contributed by atoms with Crippen molar-refractivity contribution in [2.24, 2.45) is 0 Å². The molecule has 3 rings (SSSR count). The predicted octanol–water partition coefficient (Wildman–Crippen LogP) is 3.51. The Kier molecular flexibility index (Phi) is 5.94. The van der Waals surface area contributed by atoms with Crippen molar-refractivity contribution in [1.82, 2.24) is 9.71 Å². The number of hydrogen-bond acceptors (Lipinski definition) is 4. The molecule has 2 aromatic rings. The molecule has 0 radical (unpaired) electrons. The van der Waals surface area contributed by atoms with E-state index in [9.17, 15) is 8.42 Å². The SMILES string of the molecule is Cc1ccc(CS(=O)(=O)NC2CCC(Oc3ccc(C)cn3)CC2)cc1. The summed E-state index contributed by atoms with van der Waals surface area (Å²) in [6, 6.07) is 11.5. The molecule has 0 aliphatic heterocycles. The fourth-order valence-electron chi connectivity index (χ4n) is 3.19. The van der Waals surface area contributed by atoms with Gasteiger partial charge in [-0.2, -0.15) is 0 Å². The average molecular weight is 375 g/mol. The van der Waals surface area contributed by atoms with Crippen LogP contribution < -0.4 is 9.46 Å². The van der Waals surface area contributed by atoms with Crippen molar-refractivity contribution in [3.8, 4) is 5.88 Å². The van der Waals surface area contributed by atoms with Gasteiger partial charge in [-0.15, -0.1) is 0 Å². The van der Waals surface area contributed by atoms with Gasteiger partial charge in [0.15, 0.2) is 0 Å². The minimum absolute atomic E-state index is 0.0173. The first-order valence-corrected chi connectivity index (χ1v) is 10.7. The molecule has 1 saturated carbocycles. The van der Waals surface area contributed by atoms with E-state index in [1.165, 1.54) is 0 Å². The van der Waals surface area contributed by atoms with Crippen LogP contribution in [0.1, 0.15) is 42.4 Å². The standard InChI is InChI=1S/C20H26N2O3S/c1-15-3-6-17(7-4-15)14-26(23,24)22-18-8-10-19(11-9-18)25-20-12-5-16(2)13-21-20/h3-7,12-13,18-19,22H,8-11,14H2,1-2H3. The minimum atomic E-state index is -3.33. The van der Waals surface area contributed by atoms with Crippen LogP contribution in [0.25, 0.3) is 0 Å². The molecule has 140 valence electrons. The molecule has 5 nitrogen and oxygen atoms in total. The first-order chi connectivity index (χ1) is 12.4. The Morgan fingerprint density at radius 3 is 2.27 bits per heavy atom. The van der Waals surface area contributed by atoms with Gasteiger partial charge in [0.05, 0.1) is 5.75 Å². The van der Waals surface area contributed by atoms with Gasteiger partial charge in [0.2, 0.25) is 15.9 Å². The van der Waals surface area contributed by atoms with Gasteiger partial charge >= 0.3 is 0 Å². The fraction of sp³-hybridized carbons (Fsp3) is 0.450. The Balaban J connectivity index is 1.48. The fourth-order valence-corrected chi connectivity index (χ4v) is 4.65. The third kappa shape index (κ3) is 5.54. The first-order valence-electron chi connectivity index (χ1n) is 9.04. The second kappa shape index (κ2) is 8.18. The van der Waals surface area contributed by atoms with Crippen LogP contribution in [-0.4, -0.2) is 25.5 Å². The van der Waals surface area contributed by atoms with Crippen molar-refractivity contribution in [2.45, 2.75) is 57.4 Å². The second-order valence-electron chi connectivity index (χ2n) is 7.13. The van der Waals surface area contributed by atoms with Crippen LogP contribution in [0.15, 0.2) is 42.6 Å². The Morgan fingerprint density at radius 2 is 1.65 bits per heavy atom. The number of rotatable bonds is 6. The van der Waals surface area contributed by atoms with Gasteiger partial charge in [-0.3, -0.25) is 0 Å². The van der Waals surface area contributed by atoms with E-state index in [2.05, 4.69) is 9.71 Å². The quantitative estimate of drug-likeness (QED) is 0.840. The van der Waals surface area contributed by atoms with Crippen molar-refractivity contribution < 1.29 is 13.2 Å². The number of pyridine rings is 1. The zero-order chi connectivity index (χ0) is 18.6. The molecule has 6 heteroatoms. The van der Waals surface area contributed by atoms with Gasteiger partial charge in [-0.05, 0) is 50.7 Å². The molecule has 1 aliphatic carbocycles. The number of benzene rings is 1. The van der Waals surface area contributed by atoms with E-state index in [1.807, 2.05) is 50.2 Å². The molecule has 1 heterocycles. The molecule has 1 aromatic carbocycles. The third-order valence-corrected chi connectivity index (χ3v) is 6.08. The summed E-state index contributed by atoms with van der Waals surface area (Å²) in [6.07, 6.45) is 5.11. The summed E-state index contributed by atoms with van der Waals surface area (Å²) in [5.41, 5.74) is 3.04. The van der Waals surface area contributed by atoms with Crippen molar-refractivity contribution in [3.05, 3.63) is 59.3 Å². The maximum atomic E-state index is 12.4. The minimum Gasteiger partial charge on any atom is -0.474 e. The van der Waals surface area contributed by atoms with Crippen LogP contribution in [0, 0.1) is 13.8 Å². The summed E-state index contributed by atoms with van der Waals surface area (Å²) >= 11 is 0. The summed E-state index contributed by atoms with van der Waals surface area (Å²) in [5, 5.41) is 0. The molecule has 26 heavy (non-hydrogen) atoms. The molecule has 0 saturated heterocycles. The monoisotopic (exact) mass is 374 g/mol.